The molecule has 0 aliphatic heterocycles. The van der Waals surface area contributed by atoms with E-state index in [-0.39, 0.29) is 17.0 Å². The summed E-state index contributed by atoms with van der Waals surface area (Å²) in [4.78, 5) is 11.8. The van der Waals surface area contributed by atoms with Crippen LogP contribution < -0.4 is 10.3 Å². The number of benzene rings is 1. The van der Waals surface area contributed by atoms with Crippen molar-refractivity contribution >= 4 is 38.3 Å². The Hall–Kier alpha value is -1.28. The molecule has 0 saturated heterocycles. The lowest BCUT2D eigenvalue weighted by molar-refractivity contribution is -0.153. The first-order valence-corrected chi connectivity index (χ1v) is 6.61. The quantitative estimate of drug-likeness (QED) is 0.842. The zero-order chi connectivity index (χ0) is 14.9. The van der Waals surface area contributed by atoms with E-state index in [0.717, 1.165) is 0 Å². The van der Waals surface area contributed by atoms with E-state index in [1.54, 1.807) is 6.07 Å². The lowest BCUT2D eigenvalue weighted by atomic mass is 10.1. The van der Waals surface area contributed by atoms with Crippen molar-refractivity contribution in [2.75, 3.05) is 6.61 Å². The molecule has 9 heteroatoms. The number of nitrogens with zero attached hydrogens (tertiary/aromatic N) is 1. The Morgan fingerprint density at radius 1 is 1.40 bits per heavy atom. The number of halogens is 5. The lowest BCUT2D eigenvalue weighted by Gasteiger charge is -2.12. The maximum absolute atomic E-state index is 12.2. The summed E-state index contributed by atoms with van der Waals surface area (Å²) < 4.78 is 41.9. The van der Waals surface area contributed by atoms with Crippen LogP contribution in [-0.2, 0) is 5.88 Å². The first kappa shape index (κ1) is 15.1. The fourth-order valence-electron chi connectivity index (χ4n) is 1.65. The molecule has 1 aromatic carbocycles. The Morgan fingerprint density at radius 2 is 2.10 bits per heavy atom. The van der Waals surface area contributed by atoms with Crippen LogP contribution in [0.15, 0.2) is 21.4 Å². The molecule has 0 radical (unpaired) electrons. The minimum Gasteiger partial charge on any atom is -0.483 e. The van der Waals surface area contributed by atoms with Gasteiger partial charge in [-0.15, -0.1) is 11.6 Å². The molecule has 0 fully saturated rings. The van der Waals surface area contributed by atoms with E-state index in [4.69, 9.17) is 16.3 Å². The van der Waals surface area contributed by atoms with Crippen molar-refractivity contribution in [3.8, 4) is 5.75 Å². The SMILES string of the molecule is O=c1[nH]nc(CCl)c2cc(Br)cc(OCC(F)(F)F)c12. The summed E-state index contributed by atoms with van der Waals surface area (Å²) >= 11 is 8.84. The van der Waals surface area contributed by atoms with Crippen molar-refractivity contribution in [2.45, 2.75) is 12.1 Å². The normalized spacial score (nSPS) is 11.8. The molecule has 0 spiro atoms. The summed E-state index contributed by atoms with van der Waals surface area (Å²) in [6.07, 6.45) is -4.50. The summed E-state index contributed by atoms with van der Waals surface area (Å²) in [5.74, 6) is -0.177. The largest absolute Gasteiger partial charge is 0.483 e. The van der Waals surface area contributed by atoms with E-state index in [0.29, 0.717) is 15.6 Å². The van der Waals surface area contributed by atoms with Gasteiger partial charge in [-0.05, 0) is 12.1 Å². The molecule has 0 unspecified atom stereocenters. The monoisotopic (exact) mass is 370 g/mol. The topological polar surface area (TPSA) is 55.0 Å². The van der Waals surface area contributed by atoms with Gasteiger partial charge in [-0.25, -0.2) is 5.10 Å². The molecule has 2 aromatic rings. The Morgan fingerprint density at radius 3 is 2.70 bits per heavy atom. The minimum atomic E-state index is -4.50. The number of nitrogens with one attached hydrogen (secondary N) is 1. The molecular weight excluding hydrogens is 364 g/mol. The summed E-state index contributed by atoms with van der Waals surface area (Å²) in [6, 6.07) is 2.84. The van der Waals surface area contributed by atoms with E-state index in [9.17, 15) is 18.0 Å². The zero-order valence-corrected chi connectivity index (χ0v) is 12.1. The molecule has 0 aliphatic rings. The second kappa shape index (κ2) is 5.61. The van der Waals surface area contributed by atoms with E-state index in [1.165, 1.54) is 6.07 Å². The Bertz CT molecular complexity index is 702. The van der Waals surface area contributed by atoms with Crippen LogP contribution in [0, 0.1) is 0 Å². The van der Waals surface area contributed by atoms with Crippen LogP contribution in [-0.4, -0.2) is 23.0 Å². The smallest absolute Gasteiger partial charge is 0.422 e. The first-order chi connectivity index (χ1) is 9.31. The van der Waals surface area contributed by atoms with Gasteiger partial charge >= 0.3 is 6.18 Å². The third-order valence-electron chi connectivity index (χ3n) is 2.42. The summed E-state index contributed by atoms with van der Waals surface area (Å²) in [7, 11) is 0. The van der Waals surface area contributed by atoms with Crippen molar-refractivity contribution < 1.29 is 17.9 Å². The molecule has 0 bridgehead atoms. The summed E-state index contributed by atoms with van der Waals surface area (Å²) in [6.45, 7) is -1.49. The van der Waals surface area contributed by atoms with Gasteiger partial charge in [0.25, 0.3) is 5.56 Å². The number of alkyl halides is 4. The number of ether oxygens (including phenoxy) is 1. The van der Waals surface area contributed by atoms with Crippen molar-refractivity contribution in [3.05, 3.63) is 32.7 Å². The van der Waals surface area contributed by atoms with Gasteiger partial charge in [-0.3, -0.25) is 4.79 Å². The van der Waals surface area contributed by atoms with Gasteiger partial charge in [0.15, 0.2) is 6.61 Å². The molecule has 0 amide bonds. The van der Waals surface area contributed by atoms with Gasteiger partial charge in [0.05, 0.1) is 17.0 Å². The van der Waals surface area contributed by atoms with E-state index in [2.05, 4.69) is 26.1 Å². The van der Waals surface area contributed by atoms with Gasteiger partial charge in [0, 0.05) is 9.86 Å². The molecule has 1 N–H and O–H groups in total. The van der Waals surface area contributed by atoms with Gasteiger partial charge in [-0.2, -0.15) is 18.3 Å². The fraction of sp³-hybridized carbons (Fsp3) is 0.273. The van der Waals surface area contributed by atoms with Gasteiger partial charge in [-0.1, -0.05) is 15.9 Å². The number of aromatic amines is 1. The highest BCUT2D eigenvalue weighted by Gasteiger charge is 2.29. The molecule has 0 saturated carbocycles. The predicted molar refractivity (Wildman–Crippen MR) is 71.2 cm³/mol. The molecule has 2 rings (SSSR count). The highest BCUT2D eigenvalue weighted by molar-refractivity contribution is 9.10. The molecule has 20 heavy (non-hydrogen) atoms. The number of H-pyrrole nitrogens is 1. The summed E-state index contributed by atoms with van der Waals surface area (Å²) in [5, 5.41) is 6.26. The van der Waals surface area contributed by atoms with E-state index < -0.39 is 18.3 Å². The first-order valence-electron chi connectivity index (χ1n) is 5.28. The molecule has 1 heterocycles. The lowest BCUT2D eigenvalue weighted by Crippen LogP contribution is -2.20. The predicted octanol–water partition coefficient (Wildman–Crippen LogP) is 3.37. The second-order valence-corrected chi connectivity index (χ2v) is 5.05. The maximum atomic E-state index is 12.2. The van der Waals surface area contributed by atoms with Crippen LogP contribution in [0.5, 0.6) is 5.75 Å². The number of aromatic nitrogens is 2. The third-order valence-corrected chi connectivity index (χ3v) is 3.13. The summed E-state index contributed by atoms with van der Waals surface area (Å²) in [5.41, 5.74) is -0.294. The van der Waals surface area contributed by atoms with Crippen LogP contribution >= 0.6 is 27.5 Å². The van der Waals surface area contributed by atoms with Crippen LogP contribution in [0.1, 0.15) is 5.69 Å². The Kier molecular flexibility index (Phi) is 4.24. The highest BCUT2D eigenvalue weighted by atomic mass is 79.9. The molecular formula is C11H7BrClF3N2O2. The maximum Gasteiger partial charge on any atom is 0.422 e. The minimum absolute atomic E-state index is 0.00242. The molecule has 4 nitrogen and oxygen atoms in total. The average Bonchev–Trinajstić information content (AvgIpc) is 2.35. The molecule has 0 aliphatic carbocycles. The molecule has 108 valence electrons. The Labute approximate surface area is 124 Å². The zero-order valence-electron chi connectivity index (χ0n) is 9.72. The highest BCUT2D eigenvalue weighted by Crippen LogP contribution is 2.30. The average molecular weight is 372 g/mol. The number of rotatable bonds is 3. The Balaban J connectivity index is 2.62. The van der Waals surface area contributed by atoms with E-state index >= 15 is 0 Å². The number of hydrogen-bond acceptors (Lipinski definition) is 3. The van der Waals surface area contributed by atoms with Crippen LogP contribution in [0.2, 0.25) is 0 Å². The van der Waals surface area contributed by atoms with Crippen LogP contribution in [0.25, 0.3) is 10.8 Å². The molecule has 0 atom stereocenters. The van der Waals surface area contributed by atoms with Crippen molar-refractivity contribution in [1.82, 2.24) is 10.2 Å². The standard InChI is InChI=1S/C11H7BrClF3N2O2/c12-5-1-6-7(3-13)17-18-10(19)9(6)8(2-5)20-4-11(14,15)16/h1-2H,3-4H2,(H,18,19). The number of hydrogen-bond donors (Lipinski definition) is 1. The van der Waals surface area contributed by atoms with Crippen LogP contribution in [0.4, 0.5) is 13.2 Å². The van der Waals surface area contributed by atoms with Crippen molar-refractivity contribution in [3.63, 3.8) is 0 Å². The van der Waals surface area contributed by atoms with E-state index in [1.807, 2.05) is 0 Å². The number of fused-ring (bicyclic) bond motifs is 1. The van der Waals surface area contributed by atoms with Gasteiger partial charge < -0.3 is 4.74 Å². The second-order valence-electron chi connectivity index (χ2n) is 3.86. The van der Waals surface area contributed by atoms with Gasteiger partial charge in [0.2, 0.25) is 0 Å². The fourth-order valence-corrected chi connectivity index (χ4v) is 2.29. The third kappa shape index (κ3) is 3.24. The van der Waals surface area contributed by atoms with Crippen molar-refractivity contribution in [1.29, 1.82) is 0 Å². The van der Waals surface area contributed by atoms with Crippen LogP contribution in [0.3, 0.4) is 0 Å². The van der Waals surface area contributed by atoms with Crippen molar-refractivity contribution in [2.24, 2.45) is 0 Å². The molecule has 1 aromatic heterocycles. The van der Waals surface area contributed by atoms with Gasteiger partial charge in [0.1, 0.15) is 5.75 Å².